The van der Waals surface area contributed by atoms with Gasteiger partial charge >= 0.3 is 0 Å². The van der Waals surface area contributed by atoms with E-state index in [4.69, 9.17) is 9.15 Å². The molecule has 0 aliphatic heterocycles. The van der Waals surface area contributed by atoms with Gasteiger partial charge in [0.05, 0.1) is 19.4 Å². The first kappa shape index (κ1) is 13.7. The maximum absolute atomic E-state index is 5.68. The van der Waals surface area contributed by atoms with Gasteiger partial charge in [-0.05, 0) is 30.3 Å². The number of rotatable bonds is 5. The Hall–Kier alpha value is -2.26. The molecule has 3 aromatic rings. The third kappa shape index (κ3) is 2.65. The Morgan fingerprint density at radius 1 is 1.10 bits per heavy atom. The van der Waals surface area contributed by atoms with Gasteiger partial charge in [-0.3, -0.25) is 0 Å². The summed E-state index contributed by atoms with van der Waals surface area (Å²) in [5.74, 6) is 0.867. The topological polar surface area (TPSA) is 34.4 Å². The lowest BCUT2D eigenvalue weighted by molar-refractivity contribution is 0.414. The summed E-state index contributed by atoms with van der Waals surface area (Å²) in [5.41, 5.74) is 3.28. The molecule has 1 aromatic heterocycles. The average Bonchev–Trinajstić information content (AvgIpc) is 2.97. The van der Waals surface area contributed by atoms with Crippen molar-refractivity contribution < 1.29 is 9.15 Å². The zero-order valence-electron chi connectivity index (χ0n) is 12.3. The molecule has 0 spiro atoms. The average molecular weight is 281 g/mol. The fourth-order valence-corrected chi connectivity index (χ4v) is 2.63. The molecule has 0 radical (unpaired) electrons. The minimum absolute atomic E-state index is 0.115. The van der Waals surface area contributed by atoms with E-state index >= 15 is 0 Å². The number of hydrogen-bond acceptors (Lipinski definition) is 3. The molecule has 1 atom stereocenters. The molecule has 1 unspecified atom stereocenters. The van der Waals surface area contributed by atoms with Crippen LogP contribution in [0, 0.1) is 0 Å². The molecule has 0 aliphatic carbocycles. The lowest BCUT2D eigenvalue weighted by Gasteiger charge is -2.18. The van der Waals surface area contributed by atoms with E-state index in [1.54, 1.807) is 7.11 Å². The monoisotopic (exact) mass is 281 g/mol. The molecule has 0 saturated heterocycles. The number of hydrogen-bond donors (Lipinski definition) is 1. The van der Waals surface area contributed by atoms with E-state index < -0.39 is 0 Å². The fourth-order valence-electron chi connectivity index (χ4n) is 2.63. The molecule has 3 heteroatoms. The lowest BCUT2D eigenvalue weighted by Crippen LogP contribution is -2.21. The third-order valence-corrected chi connectivity index (χ3v) is 3.68. The summed E-state index contributed by atoms with van der Waals surface area (Å²) in [5, 5.41) is 4.68. The fraction of sp³-hybridized carbons (Fsp3) is 0.222. The molecule has 21 heavy (non-hydrogen) atoms. The smallest absolute Gasteiger partial charge is 0.134 e. The van der Waals surface area contributed by atoms with Crippen LogP contribution in [0.25, 0.3) is 11.0 Å². The van der Waals surface area contributed by atoms with Gasteiger partial charge in [-0.1, -0.05) is 37.3 Å². The number of benzene rings is 2. The van der Waals surface area contributed by atoms with Crippen molar-refractivity contribution in [3.63, 3.8) is 0 Å². The lowest BCUT2D eigenvalue weighted by atomic mass is 9.98. The molecule has 0 amide bonds. The first-order valence-corrected chi connectivity index (χ1v) is 7.17. The Morgan fingerprint density at radius 3 is 2.57 bits per heavy atom. The van der Waals surface area contributed by atoms with E-state index in [1.807, 2.05) is 36.6 Å². The van der Waals surface area contributed by atoms with Crippen LogP contribution in [0.3, 0.4) is 0 Å². The molecule has 0 bridgehead atoms. The Morgan fingerprint density at radius 2 is 1.86 bits per heavy atom. The molecule has 3 rings (SSSR count). The van der Waals surface area contributed by atoms with E-state index in [2.05, 4.69) is 30.4 Å². The van der Waals surface area contributed by atoms with Crippen LogP contribution in [0.2, 0.25) is 0 Å². The van der Waals surface area contributed by atoms with Gasteiger partial charge in [0.25, 0.3) is 0 Å². The van der Waals surface area contributed by atoms with Crippen molar-refractivity contribution >= 4 is 11.0 Å². The van der Waals surface area contributed by atoms with Gasteiger partial charge in [-0.25, -0.2) is 0 Å². The van der Waals surface area contributed by atoms with E-state index in [-0.39, 0.29) is 6.04 Å². The zero-order chi connectivity index (χ0) is 14.7. The summed E-state index contributed by atoms with van der Waals surface area (Å²) in [6.07, 6.45) is 1.85. The third-order valence-electron chi connectivity index (χ3n) is 3.68. The molecule has 0 saturated carbocycles. The van der Waals surface area contributed by atoms with Gasteiger partial charge in [0.2, 0.25) is 0 Å². The van der Waals surface area contributed by atoms with Crippen molar-refractivity contribution in [2.24, 2.45) is 0 Å². The number of furan rings is 1. The van der Waals surface area contributed by atoms with Gasteiger partial charge in [0, 0.05) is 10.9 Å². The van der Waals surface area contributed by atoms with Crippen molar-refractivity contribution in [1.82, 2.24) is 5.32 Å². The number of methoxy groups -OCH3 is 1. The van der Waals surface area contributed by atoms with Crippen LogP contribution in [-0.2, 0) is 0 Å². The second-order valence-corrected chi connectivity index (χ2v) is 4.95. The highest BCUT2D eigenvalue weighted by molar-refractivity contribution is 5.81. The van der Waals surface area contributed by atoms with Gasteiger partial charge < -0.3 is 14.5 Å². The summed E-state index contributed by atoms with van der Waals surface area (Å²) < 4.78 is 10.9. The van der Waals surface area contributed by atoms with Crippen LogP contribution in [-0.4, -0.2) is 13.7 Å². The highest BCUT2D eigenvalue weighted by Gasteiger charge is 2.18. The highest BCUT2D eigenvalue weighted by Crippen LogP contribution is 2.31. The molecular weight excluding hydrogens is 262 g/mol. The van der Waals surface area contributed by atoms with Crippen LogP contribution in [0.15, 0.2) is 59.2 Å². The number of fused-ring (bicyclic) bond motifs is 1. The number of para-hydroxylation sites is 1. The standard InChI is InChI=1S/C18H19NO2/c1-3-19-18(13-8-10-14(20-2)11-9-13)16-12-21-17-7-5-4-6-15(16)17/h4-12,18-19H,3H2,1-2H3. The van der Waals surface area contributed by atoms with Crippen LogP contribution in [0.5, 0.6) is 5.75 Å². The summed E-state index contributed by atoms with van der Waals surface area (Å²) in [6.45, 7) is 3.00. The first-order chi connectivity index (χ1) is 10.3. The van der Waals surface area contributed by atoms with E-state index in [0.717, 1.165) is 28.8 Å². The van der Waals surface area contributed by atoms with Crippen molar-refractivity contribution in [3.05, 3.63) is 65.9 Å². The second kappa shape index (κ2) is 6.02. The Labute approximate surface area is 124 Å². The molecule has 1 N–H and O–H groups in total. The molecule has 0 fully saturated rings. The largest absolute Gasteiger partial charge is 0.497 e. The summed E-state index contributed by atoms with van der Waals surface area (Å²) in [6, 6.07) is 16.4. The SMILES string of the molecule is CCNC(c1ccc(OC)cc1)c1coc2ccccc12. The van der Waals surface area contributed by atoms with Crippen molar-refractivity contribution in [2.75, 3.05) is 13.7 Å². The second-order valence-electron chi connectivity index (χ2n) is 4.95. The van der Waals surface area contributed by atoms with Gasteiger partial charge in [-0.15, -0.1) is 0 Å². The van der Waals surface area contributed by atoms with Crippen molar-refractivity contribution in [3.8, 4) is 5.75 Å². The zero-order valence-corrected chi connectivity index (χ0v) is 12.3. The molecule has 108 valence electrons. The molecule has 2 aromatic carbocycles. The Balaban J connectivity index is 2.04. The van der Waals surface area contributed by atoms with Crippen molar-refractivity contribution in [1.29, 1.82) is 0 Å². The molecule has 0 aliphatic rings. The molecular formula is C18H19NO2. The Kier molecular flexibility index (Phi) is 3.93. The Bertz CT molecular complexity index is 715. The van der Waals surface area contributed by atoms with E-state index in [0.29, 0.717) is 0 Å². The predicted molar refractivity (Wildman–Crippen MR) is 84.7 cm³/mol. The minimum Gasteiger partial charge on any atom is -0.497 e. The number of nitrogens with one attached hydrogen (secondary N) is 1. The van der Waals surface area contributed by atoms with Gasteiger partial charge in [0.15, 0.2) is 0 Å². The number of ether oxygens (including phenoxy) is 1. The normalized spacial score (nSPS) is 12.5. The van der Waals surface area contributed by atoms with E-state index in [9.17, 15) is 0 Å². The van der Waals surface area contributed by atoms with Crippen LogP contribution in [0.1, 0.15) is 24.1 Å². The highest BCUT2D eigenvalue weighted by atomic mass is 16.5. The predicted octanol–water partition coefficient (Wildman–Crippen LogP) is 4.14. The van der Waals surface area contributed by atoms with Crippen LogP contribution in [0.4, 0.5) is 0 Å². The summed E-state index contributed by atoms with van der Waals surface area (Å²) in [4.78, 5) is 0. The minimum atomic E-state index is 0.115. The van der Waals surface area contributed by atoms with E-state index in [1.165, 1.54) is 5.56 Å². The van der Waals surface area contributed by atoms with Crippen LogP contribution >= 0.6 is 0 Å². The maximum Gasteiger partial charge on any atom is 0.134 e. The molecule has 1 heterocycles. The first-order valence-electron chi connectivity index (χ1n) is 7.17. The van der Waals surface area contributed by atoms with Gasteiger partial charge in [0.1, 0.15) is 11.3 Å². The van der Waals surface area contributed by atoms with Gasteiger partial charge in [-0.2, -0.15) is 0 Å². The quantitative estimate of drug-likeness (QED) is 0.763. The molecule has 3 nitrogen and oxygen atoms in total. The van der Waals surface area contributed by atoms with Crippen LogP contribution < -0.4 is 10.1 Å². The summed E-state index contributed by atoms with van der Waals surface area (Å²) >= 11 is 0. The van der Waals surface area contributed by atoms with Crippen molar-refractivity contribution in [2.45, 2.75) is 13.0 Å². The maximum atomic E-state index is 5.68. The summed E-state index contributed by atoms with van der Waals surface area (Å²) in [7, 11) is 1.68.